The minimum absolute atomic E-state index is 0.125. The SMILES string of the molecule is COc1cccc2cc(C(=O)N3CCN(c4ccc(-n5cncn5)nn4)CC3)oc12. The Labute approximate surface area is 171 Å². The van der Waals surface area contributed by atoms with E-state index in [-0.39, 0.29) is 5.91 Å². The standard InChI is InChI=1S/C20H19N7O3/c1-29-15-4-2-3-14-11-16(30-19(14)15)20(28)26-9-7-25(8-10-26)17-5-6-18(24-23-17)27-13-21-12-22-27/h2-6,11-13H,7-10H2,1H3. The van der Waals surface area contributed by atoms with Crippen molar-refractivity contribution in [2.75, 3.05) is 38.2 Å². The minimum Gasteiger partial charge on any atom is -0.493 e. The van der Waals surface area contributed by atoms with Crippen molar-refractivity contribution >= 4 is 22.7 Å². The molecule has 10 nitrogen and oxygen atoms in total. The first-order chi connectivity index (χ1) is 14.7. The Kier molecular flexibility index (Phi) is 4.51. The molecule has 3 aromatic heterocycles. The van der Waals surface area contributed by atoms with Crippen molar-refractivity contribution in [2.45, 2.75) is 0 Å². The number of para-hydroxylation sites is 1. The van der Waals surface area contributed by atoms with E-state index in [4.69, 9.17) is 9.15 Å². The monoisotopic (exact) mass is 405 g/mol. The molecule has 1 amide bonds. The van der Waals surface area contributed by atoms with Gasteiger partial charge in [0.15, 0.2) is 28.7 Å². The number of piperazine rings is 1. The van der Waals surface area contributed by atoms with E-state index in [1.807, 2.05) is 30.3 Å². The van der Waals surface area contributed by atoms with E-state index in [0.29, 0.717) is 49.1 Å². The summed E-state index contributed by atoms with van der Waals surface area (Å²) in [5.41, 5.74) is 0.588. The molecule has 0 saturated carbocycles. The zero-order valence-corrected chi connectivity index (χ0v) is 16.3. The Bertz CT molecular complexity index is 1160. The zero-order valence-electron chi connectivity index (χ0n) is 16.3. The molecule has 0 atom stereocenters. The summed E-state index contributed by atoms with van der Waals surface area (Å²) >= 11 is 0. The number of anilines is 1. The number of rotatable bonds is 4. The molecule has 30 heavy (non-hydrogen) atoms. The second kappa shape index (κ2) is 7.47. The van der Waals surface area contributed by atoms with Crippen molar-refractivity contribution < 1.29 is 13.9 Å². The van der Waals surface area contributed by atoms with Gasteiger partial charge in [-0.1, -0.05) is 12.1 Å². The van der Waals surface area contributed by atoms with Crippen molar-refractivity contribution in [3.8, 4) is 11.6 Å². The summed E-state index contributed by atoms with van der Waals surface area (Å²) in [6, 6.07) is 11.1. The van der Waals surface area contributed by atoms with Gasteiger partial charge in [-0.25, -0.2) is 9.67 Å². The van der Waals surface area contributed by atoms with E-state index >= 15 is 0 Å². The van der Waals surface area contributed by atoms with Crippen LogP contribution in [0.5, 0.6) is 5.75 Å². The van der Waals surface area contributed by atoms with Gasteiger partial charge in [0.25, 0.3) is 5.91 Å². The van der Waals surface area contributed by atoms with Gasteiger partial charge in [0.2, 0.25) is 0 Å². The van der Waals surface area contributed by atoms with E-state index < -0.39 is 0 Å². The quantitative estimate of drug-likeness (QED) is 0.506. The molecule has 1 aliphatic rings. The molecule has 1 aliphatic heterocycles. The van der Waals surface area contributed by atoms with Crippen LogP contribution >= 0.6 is 0 Å². The highest BCUT2D eigenvalue weighted by atomic mass is 16.5. The van der Waals surface area contributed by atoms with Crippen LogP contribution in [0.2, 0.25) is 0 Å². The lowest BCUT2D eigenvalue weighted by Crippen LogP contribution is -2.49. The third kappa shape index (κ3) is 3.21. The molecule has 152 valence electrons. The number of benzene rings is 1. The highest BCUT2D eigenvalue weighted by Crippen LogP contribution is 2.29. The van der Waals surface area contributed by atoms with Crippen LogP contribution in [0, 0.1) is 0 Å². The maximum absolute atomic E-state index is 12.9. The highest BCUT2D eigenvalue weighted by molar-refractivity contribution is 5.97. The molecule has 5 rings (SSSR count). The predicted octanol–water partition coefficient (Wildman–Crippen LogP) is 1.77. The molecule has 4 aromatic rings. The fraction of sp³-hybridized carbons (Fsp3) is 0.250. The average Bonchev–Trinajstić information content (AvgIpc) is 3.49. The molecular formula is C20H19N7O3. The van der Waals surface area contributed by atoms with Gasteiger partial charge in [-0.05, 0) is 24.3 Å². The lowest BCUT2D eigenvalue weighted by atomic mass is 10.2. The van der Waals surface area contributed by atoms with Crippen LogP contribution in [0.4, 0.5) is 5.82 Å². The molecule has 10 heteroatoms. The molecule has 0 bridgehead atoms. The first-order valence-electron chi connectivity index (χ1n) is 9.52. The topological polar surface area (TPSA) is 102 Å². The molecule has 0 N–H and O–H groups in total. The number of carbonyl (C=O) groups excluding carboxylic acids is 1. The number of furan rings is 1. The third-order valence-corrected chi connectivity index (χ3v) is 5.12. The predicted molar refractivity (Wildman–Crippen MR) is 108 cm³/mol. The van der Waals surface area contributed by atoms with Crippen molar-refractivity contribution in [3.63, 3.8) is 0 Å². The Morgan fingerprint density at radius 3 is 2.57 bits per heavy atom. The van der Waals surface area contributed by atoms with Gasteiger partial charge in [-0.3, -0.25) is 4.79 Å². The second-order valence-corrected chi connectivity index (χ2v) is 6.86. The number of fused-ring (bicyclic) bond motifs is 1. The summed E-state index contributed by atoms with van der Waals surface area (Å²) in [7, 11) is 1.58. The maximum atomic E-state index is 12.9. The lowest BCUT2D eigenvalue weighted by molar-refractivity contribution is 0.0716. The van der Waals surface area contributed by atoms with Gasteiger partial charge in [0.1, 0.15) is 12.7 Å². The molecule has 0 aliphatic carbocycles. The molecule has 0 unspecified atom stereocenters. The smallest absolute Gasteiger partial charge is 0.289 e. The van der Waals surface area contributed by atoms with Crippen LogP contribution in [0.15, 0.2) is 53.5 Å². The summed E-state index contributed by atoms with van der Waals surface area (Å²) in [4.78, 5) is 20.7. The molecule has 1 aromatic carbocycles. The van der Waals surface area contributed by atoms with Crippen molar-refractivity contribution in [1.29, 1.82) is 0 Å². The Morgan fingerprint density at radius 2 is 1.87 bits per heavy atom. The van der Waals surface area contributed by atoms with Crippen LogP contribution in [-0.2, 0) is 0 Å². The van der Waals surface area contributed by atoms with Gasteiger partial charge in [0, 0.05) is 31.6 Å². The molecular weight excluding hydrogens is 386 g/mol. The Morgan fingerprint density at radius 1 is 1.07 bits per heavy atom. The van der Waals surface area contributed by atoms with Crippen LogP contribution in [0.1, 0.15) is 10.6 Å². The average molecular weight is 405 g/mol. The van der Waals surface area contributed by atoms with Gasteiger partial charge >= 0.3 is 0 Å². The number of nitrogens with zero attached hydrogens (tertiary/aromatic N) is 7. The van der Waals surface area contributed by atoms with E-state index in [2.05, 4.69) is 25.2 Å². The largest absolute Gasteiger partial charge is 0.493 e. The van der Waals surface area contributed by atoms with Crippen molar-refractivity contribution in [2.24, 2.45) is 0 Å². The highest BCUT2D eigenvalue weighted by Gasteiger charge is 2.26. The second-order valence-electron chi connectivity index (χ2n) is 6.86. The normalized spacial score (nSPS) is 14.3. The zero-order chi connectivity index (χ0) is 20.5. The Hall–Kier alpha value is -3.95. The van der Waals surface area contributed by atoms with E-state index in [9.17, 15) is 4.79 Å². The molecule has 4 heterocycles. The fourth-order valence-electron chi connectivity index (χ4n) is 3.53. The van der Waals surface area contributed by atoms with Crippen LogP contribution in [0.25, 0.3) is 16.8 Å². The van der Waals surface area contributed by atoms with Crippen LogP contribution in [-0.4, -0.2) is 69.1 Å². The third-order valence-electron chi connectivity index (χ3n) is 5.12. The van der Waals surface area contributed by atoms with Crippen molar-refractivity contribution in [1.82, 2.24) is 29.9 Å². The van der Waals surface area contributed by atoms with E-state index in [1.165, 1.54) is 6.33 Å². The number of aromatic nitrogens is 5. The minimum atomic E-state index is -0.125. The summed E-state index contributed by atoms with van der Waals surface area (Å²) in [6.07, 6.45) is 3.02. The van der Waals surface area contributed by atoms with E-state index in [0.717, 1.165) is 11.2 Å². The van der Waals surface area contributed by atoms with Gasteiger partial charge in [-0.2, -0.15) is 5.10 Å². The van der Waals surface area contributed by atoms with Crippen molar-refractivity contribution in [3.05, 3.63) is 54.8 Å². The summed E-state index contributed by atoms with van der Waals surface area (Å²) < 4.78 is 12.7. The summed E-state index contributed by atoms with van der Waals surface area (Å²) in [5.74, 6) is 2.18. The van der Waals surface area contributed by atoms with Gasteiger partial charge in [-0.15, -0.1) is 10.2 Å². The number of amides is 1. The lowest BCUT2D eigenvalue weighted by Gasteiger charge is -2.34. The number of methoxy groups -OCH3 is 1. The number of ether oxygens (including phenoxy) is 1. The first kappa shape index (κ1) is 18.1. The molecule has 0 spiro atoms. The van der Waals surface area contributed by atoms with Crippen LogP contribution < -0.4 is 9.64 Å². The molecule has 0 radical (unpaired) electrons. The number of hydrogen-bond donors (Lipinski definition) is 0. The molecule has 1 saturated heterocycles. The van der Waals surface area contributed by atoms with Gasteiger partial charge < -0.3 is 19.0 Å². The number of hydrogen-bond acceptors (Lipinski definition) is 8. The first-order valence-corrected chi connectivity index (χ1v) is 9.52. The molecule has 1 fully saturated rings. The van der Waals surface area contributed by atoms with Gasteiger partial charge in [0.05, 0.1) is 7.11 Å². The number of carbonyl (C=O) groups is 1. The maximum Gasteiger partial charge on any atom is 0.289 e. The van der Waals surface area contributed by atoms with Crippen LogP contribution in [0.3, 0.4) is 0 Å². The van der Waals surface area contributed by atoms with E-state index in [1.54, 1.807) is 29.1 Å². The Balaban J connectivity index is 1.26. The summed E-state index contributed by atoms with van der Waals surface area (Å²) in [6.45, 7) is 2.46. The fourth-order valence-corrected chi connectivity index (χ4v) is 3.53. The summed E-state index contributed by atoms with van der Waals surface area (Å²) in [5, 5.41) is 13.4.